The average molecular weight is 482 g/mol. The van der Waals surface area contributed by atoms with Gasteiger partial charge in [0.25, 0.3) is 0 Å². The summed E-state index contributed by atoms with van der Waals surface area (Å²) in [7, 11) is -2.06. The number of carbonyl (C=O) groups excluding carboxylic acids is 2. The fourth-order valence-electron chi connectivity index (χ4n) is 4.26. The first-order valence-corrected chi connectivity index (χ1v) is 13.1. The second-order valence-electron chi connectivity index (χ2n) is 8.86. The Kier molecular flexibility index (Phi) is 9.10. The lowest BCUT2D eigenvalue weighted by molar-refractivity contribution is -0.131. The van der Waals surface area contributed by atoms with E-state index in [-0.39, 0.29) is 34.6 Å². The van der Waals surface area contributed by atoms with Gasteiger partial charge in [0.05, 0.1) is 18.1 Å². The van der Waals surface area contributed by atoms with Gasteiger partial charge in [-0.3, -0.25) is 9.59 Å². The molecule has 3 N–H and O–H groups in total. The number of amides is 2. The Hall–Kier alpha value is -2.17. The molecule has 2 fully saturated rings. The van der Waals surface area contributed by atoms with Crippen LogP contribution in [0, 0.1) is 11.8 Å². The Labute approximate surface area is 196 Å². The predicted octanol–water partition coefficient (Wildman–Crippen LogP) is 1.58. The third-order valence-electron chi connectivity index (χ3n) is 6.43. The lowest BCUT2D eigenvalue weighted by atomic mass is 9.81. The molecular formula is C23H35N3O6S. The average Bonchev–Trinajstić information content (AvgIpc) is 3.35. The van der Waals surface area contributed by atoms with E-state index in [1.54, 1.807) is 19.1 Å². The minimum atomic E-state index is -3.59. The molecule has 2 aliphatic rings. The molecule has 10 heteroatoms. The molecule has 0 radical (unpaired) electrons. The fraction of sp³-hybridized carbons (Fsp3) is 0.652. The second-order valence-corrected chi connectivity index (χ2v) is 10.6. The van der Waals surface area contributed by atoms with Crippen molar-refractivity contribution in [2.75, 3.05) is 26.8 Å². The zero-order valence-corrected chi connectivity index (χ0v) is 20.2. The highest BCUT2D eigenvalue weighted by molar-refractivity contribution is 7.89. The van der Waals surface area contributed by atoms with E-state index in [1.165, 1.54) is 19.2 Å². The Bertz CT molecular complexity index is 891. The molecule has 0 spiro atoms. The van der Waals surface area contributed by atoms with Crippen LogP contribution in [0.4, 0.5) is 0 Å². The number of hydrogen-bond acceptors (Lipinski definition) is 6. The van der Waals surface area contributed by atoms with E-state index in [4.69, 9.17) is 9.47 Å². The third kappa shape index (κ3) is 7.41. The number of ether oxygens (including phenoxy) is 2. The molecule has 33 heavy (non-hydrogen) atoms. The van der Waals surface area contributed by atoms with Crippen LogP contribution in [0.15, 0.2) is 29.2 Å². The minimum Gasteiger partial charge on any atom is -0.497 e. The maximum Gasteiger partial charge on any atom is 0.242 e. The van der Waals surface area contributed by atoms with Gasteiger partial charge in [-0.2, -0.15) is 0 Å². The molecule has 1 aromatic rings. The normalized spacial score (nSPS) is 24.1. The largest absolute Gasteiger partial charge is 0.497 e. The maximum atomic E-state index is 12.6. The summed E-state index contributed by atoms with van der Waals surface area (Å²) in [6, 6.07) is 5.65. The van der Waals surface area contributed by atoms with Crippen LogP contribution >= 0.6 is 0 Å². The quantitative estimate of drug-likeness (QED) is 0.466. The molecule has 1 aliphatic carbocycles. The molecule has 1 unspecified atom stereocenters. The van der Waals surface area contributed by atoms with Crippen molar-refractivity contribution < 1.29 is 27.5 Å². The smallest absolute Gasteiger partial charge is 0.242 e. The molecule has 0 bridgehead atoms. The first kappa shape index (κ1) is 25.5. The standard InChI is InChI=1S/C23H35N3O6S/c1-16(22(27)24-15-20-4-3-13-32-20)26-23(28)18-7-5-17(6-8-18)14-25-33(29,30)21-11-9-19(31-2)10-12-21/h9-12,16-18,20,25H,3-8,13-15H2,1-2H3,(H,24,27)(H,26,28)/t16-,17?,18?,20?/m0/s1. The van der Waals surface area contributed by atoms with Crippen molar-refractivity contribution in [3.63, 3.8) is 0 Å². The zero-order chi connectivity index (χ0) is 23.8. The van der Waals surface area contributed by atoms with Crippen molar-refractivity contribution in [3.05, 3.63) is 24.3 Å². The number of hydrogen-bond donors (Lipinski definition) is 3. The van der Waals surface area contributed by atoms with Gasteiger partial charge in [0.2, 0.25) is 21.8 Å². The van der Waals surface area contributed by atoms with Crippen molar-refractivity contribution in [1.82, 2.24) is 15.4 Å². The molecule has 3 rings (SSSR count). The van der Waals surface area contributed by atoms with Crippen LogP contribution in [0.3, 0.4) is 0 Å². The number of methoxy groups -OCH3 is 1. The summed E-state index contributed by atoms with van der Waals surface area (Å²) in [6.07, 6.45) is 4.87. The topological polar surface area (TPSA) is 123 Å². The van der Waals surface area contributed by atoms with E-state index in [1.807, 2.05) is 0 Å². The third-order valence-corrected chi connectivity index (χ3v) is 7.87. The molecule has 9 nitrogen and oxygen atoms in total. The molecule has 2 amide bonds. The highest BCUT2D eigenvalue weighted by atomic mass is 32.2. The first-order valence-electron chi connectivity index (χ1n) is 11.6. The van der Waals surface area contributed by atoms with Crippen molar-refractivity contribution in [2.45, 2.75) is 62.5 Å². The molecule has 1 saturated heterocycles. The van der Waals surface area contributed by atoms with Gasteiger partial charge in [0.1, 0.15) is 11.8 Å². The number of nitrogens with one attached hydrogen (secondary N) is 3. The van der Waals surface area contributed by atoms with E-state index in [0.29, 0.717) is 31.7 Å². The van der Waals surface area contributed by atoms with Gasteiger partial charge in [-0.1, -0.05) is 0 Å². The minimum absolute atomic E-state index is 0.0641. The first-order chi connectivity index (χ1) is 15.8. The molecule has 184 valence electrons. The lowest BCUT2D eigenvalue weighted by Crippen LogP contribution is -2.48. The summed E-state index contributed by atoms with van der Waals surface area (Å²) in [5, 5.41) is 5.65. The van der Waals surface area contributed by atoms with E-state index >= 15 is 0 Å². The molecule has 2 atom stereocenters. The summed E-state index contributed by atoms with van der Waals surface area (Å²) in [4.78, 5) is 25.0. The van der Waals surface area contributed by atoms with Gasteiger partial charge in [-0.15, -0.1) is 0 Å². The predicted molar refractivity (Wildman–Crippen MR) is 123 cm³/mol. The molecule has 1 saturated carbocycles. The number of rotatable bonds is 10. The summed E-state index contributed by atoms with van der Waals surface area (Å²) in [6.45, 7) is 3.22. The Morgan fingerprint density at radius 1 is 1.09 bits per heavy atom. The van der Waals surface area contributed by atoms with Gasteiger partial charge >= 0.3 is 0 Å². The molecule has 0 aromatic heterocycles. The van der Waals surface area contributed by atoms with Crippen LogP contribution < -0.4 is 20.1 Å². The van der Waals surface area contributed by atoms with Crippen LogP contribution in [0.5, 0.6) is 5.75 Å². The van der Waals surface area contributed by atoms with Crippen molar-refractivity contribution in [2.24, 2.45) is 11.8 Å². The lowest BCUT2D eigenvalue weighted by Gasteiger charge is -2.28. The Morgan fingerprint density at radius 2 is 1.79 bits per heavy atom. The molecule has 1 aliphatic heterocycles. The molecular weight excluding hydrogens is 446 g/mol. The van der Waals surface area contributed by atoms with E-state index in [9.17, 15) is 18.0 Å². The fourth-order valence-corrected chi connectivity index (χ4v) is 5.38. The SMILES string of the molecule is COc1ccc(S(=O)(=O)NCC2CCC(C(=O)N[C@@H](C)C(=O)NCC3CCCO3)CC2)cc1. The second kappa shape index (κ2) is 11.8. The summed E-state index contributed by atoms with van der Waals surface area (Å²) in [5.74, 6) is 0.287. The van der Waals surface area contributed by atoms with Crippen LogP contribution in [0.25, 0.3) is 0 Å². The van der Waals surface area contributed by atoms with Crippen LogP contribution in [0.2, 0.25) is 0 Å². The van der Waals surface area contributed by atoms with Crippen molar-refractivity contribution in [3.8, 4) is 5.75 Å². The van der Waals surface area contributed by atoms with E-state index in [0.717, 1.165) is 32.3 Å². The van der Waals surface area contributed by atoms with Gasteiger partial charge in [0.15, 0.2) is 0 Å². The summed E-state index contributed by atoms with van der Waals surface area (Å²) >= 11 is 0. The van der Waals surface area contributed by atoms with Gasteiger partial charge < -0.3 is 20.1 Å². The van der Waals surface area contributed by atoms with Gasteiger partial charge in [0, 0.05) is 25.6 Å². The zero-order valence-electron chi connectivity index (χ0n) is 19.3. The van der Waals surface area contributed by atoms with Crippen LogP contribution in [-0.4, -0.2) is 59.2 Å². The van der Waals surface area contributed by atoms with Crippen LogP contribution in [0.1, 0.15) is 45.4 Å². The number of benzene rings is 1. The molecule has 1 aromatic carbocycles. The van der Waals surface area contributed by atoms with Crippen molar-refractivity contribution in [1.29, 1.82) is 0 Å². The Balaban J connectivity index is 1.37. The van der Waals surface area contributed by atoms with E-state index in [2.05, 4.69) is 15.4 Å². The number of sulfonamides is 1. The maximum absolute atomic E-state index is 12.6. The highest BCUT2D eigenvalue weighted by Gasteiger charge is 2.29. The monoisotopic (exact) mass is 481 g/mol. The molecule has 1 heterocycles. The summed E-state index contributed by atoms with van der Waals surface area (Å²) < 4.78 is 38.2. The summed E-state index contributed by atoms with van der Waals surface area (Å²) in [5.41, 5.74) is 0. The van der Waals surface area contributed by atoms with Gasteiger partial charge in [-0.05, 0) is 75.6 Å². The van der Waals surface area contributed by atoms with Crippen molar-refractivity contribution >= 4 is 21.8 Å². The van der Waals surface area contributed by atoms with E-state index < -0.39 is 16.1 Å². The highest BCUT2D eigenvalue weighted by Crippen LogP contribution is 2.29. The van der Waals surface area contributed by atoms with Crippen LogP contribution in [-0.2, 0) is 24.3 Å². The van der Waals surface area contributed by atoms with Gasteiger partial charge in [-0.25, -0.2) is 13.1 Å². The number of carbonyl (C=O) groups is 2. The Morgan fingerprint density at radius 3 is 2.39 bits per heavy atom.